The Morgan fingerprint density at radius 2 is 0.733 bits per heavy atom. The number of para-hydroxylation sites is 2. The van der Waals surface area contributed by atoms with Crippen molar-refractivity contribution in [3.63, 3.8) is 0 Å². The Morgan fingerprint density at radius 1 is 0.283 bits per heavy atom. The molecular weight excluding hydrogens is 725 g/mol. The van der Waals surface area contributed by atoms with Crippen LogP contribution in [-0.2, 0) is 0 Å². The van der Waals surface area contributed by atoms with Crippen molar-refractivity contribution in [1.29, 1.82) is 0 Å². The van der Waals surface area contributed by atoms with Crippen LogP contribution in [-0.4, -0.2) is 4.57 Å². The molecule has 0 bridgehead atoms. The first-order valence-electron chi connectivity index (χ1n) is 20.6. The molecule has 2 heteroatoms. The monoisotopic (exact) mass is 764 g/mol. The molecule has 0 spiro atoms. The molecule has 1 aromatic heterocycles. The Balaban J connectivity index is 1.08. The van der Waals surface area contributed by atoms with E-state index in [1.807, 2.05) is 0 Å². The first kappa shape index (κ1) is 35.2. The molecular formula is C58H40N2. The van der Waals surface area contributed by atoms with E-state index in [4.69, 9.17) is 0 Å². The van der Waals surface area contributed by atoms with Crippen LogP contribution >= 0.6 is 0 Å². The van der Waals surface area contributed by atoms with Crippen LogP contribution in [0.25, 0.3) is 82.8 Å². The van der Waals surface area contributed by atoms with Gasteiger partial charge in [0.1, 0.15) is 0 Å². The van der Waals surface area contributed by atoms with Crippen LogP contribution in [0.3, 0.4) is 0 Å². The van der Waals surface area contributed by atoms with E-state index in [1.54, 1.807) is 0 Å². The highest BCUT2D eigenvalue weighted by atomic mass is 15.1. The Hall–Kier alpha value is -7.94. The van der Waals surface area contributed by atoms with Gasteiger partial charge in [-0.25, -0.2) is 0 Å². The zero-order valence-corrected chi connectivity index (χ0v) is 33.0. The van der Waals surface area contributed by atoms with Gasteiger partial charge < -0.3 is 9.47 Å². The van der Waals surface area contributed by atoms with Gasteiger partial charge in [0.2, 0.25) is 0 Å². The Kier molecular flexibility index (Phi) is 8.87. The maximum atomic E-state index is 2.42. The van der Waals surface area contributed by atoms with Gasteiger partial charge in [-0.05, 0) is 104 Å². The van der Waals surface area contributed by atoms with Gasteiger partial charge in [-0.1, -0.05) is 188 Å². The number of anilines is 3. The topological polar surface area (TPSA) is 8.17 Å². The number of aromatic nitrogens is 1. The molecule has 0 aliphatic carbocycles. The average molecular weight is 765 g/mol. The lowest BCUT2D eigenvalue weighted by atomic mass is 9.95. The summed E-state index contributed by atoms with van der Waals surface area (Å²) in [7, 11) is 0. The molecule has 11 aromatic rings. The minimum absolute atomic E-state index is 1.08. The van der Waals surface area contributed by atoms with E-state index in [0.29, 0.717) is 0 Å². The SMILES string of the molecule is c1ccc(-c2ccc(N(c3ccc(-c4cccc5ccccc45)cc3)c3cc(-c4ccccc4)ccc3-c3ccc(-n4c5ccccc5c5ccccc54)cc3)cc2)cc1. The van der Waals surface area contributed by atoms with Gasteiger partial charge in [-0.2, -0.15) is 0 Å². The zero-order valence-electron chi connectivity index (χ0n) is 33.0. The molecule has 0 unspecified atom stereocenters. The Morgan fingerprint density at radius 3 is 1.37 bits per heavy atom. The maximum absolute atomic E-state index is 2.42. The fraction of sp³-hybridized carbons (Fsp3) is 0. The minimum Gasteiger partial charge on any atom is -0.310 e. The van der Waals surface area contributed by atoms with E-state index in [2.05, 4.69) is 252 Å². The van der Waals surface area contributed by atoms with Crippen molar-refractivity contribution < 1.29 is 0 Å². The lowest BCUT2D eigenvalue weighted by molar-refractivity contribution is 1.18. The van der Waals surface area contributed by atoms with E-state index in [1.165, 1.54) is 60.4 Å². The third kappa shape index (κ3) is 6.32. The zero-order chi connectivity index (χ0) is 39.8. The molecule has 0 N–H and O–H groups in total. The quantitative estimate of drug-likeness (QED) is 0.150. The molecule has 0 amide bonds. The molecule has 2 nitrogen and oxygen atoms in total. The minimum atomic E-state index is 1.08. The summed E-state index contributed by atoms with van der Waals surface area (Å²) < 4.78 is 2.38. The predicted molar refractivity (Wildman–Crippen MR) is 255 cm³/mol. The molecule has 0 atom stereocenters. The summed E-state index contributed by atoms with van der Waals surface area (Å²) in [5.41, 5.74) is 16.3. The van der Waals surface area contributed by atoms with Gasteiger partial charge in [-0.15, -0.1) is 0 Å². The largest absolute Gasteiger partial charge is 0.310 e. The number of fused-ring (bicyclic) bond motifs is 4. The Bertz CT molecular complexity index is 3210. The van der Waals surface area contributed by atoms with Gasteiger partial charge in [0.25, 0.3) is 0 Å². The van der Waals surface area contributed by atoms with Crippen molar-refractivity contribution in [3.05, 3.63) is 243 Å². The van der Waals surface area contributed by atoms with Crippen LogP contribution in [0.15, 0.2) is 243 Å². The van der Waals surface area contributed by atoms with Crippen molar-refractivity contribution in [2.24, 2.45) is 0 Å². The van der Waals surface area contributed by atoms with Crippen molar-refractivity contribution >= 4 is 49.6 Å². The maximum Gasteiger partial charge on any atom is 0.0546 e. The fourth-order valence-corrected chi connectivity index (χ4v) is 8.89. The molecule has 11 rings (SSSR count). The molecule has 0 saturated carbocycles. The molecule has 10 aromatic carbocycles. The van der Waals surface area contributed by atoms with Gasteiger partial charge >= 0.3 is 0 Å². The van der Waals surface area contributed by atoms with E-state index in [0.717, 1.165) is 39.4 Å². The third-order valence-corrected chi connectivity index (χ3v) is 11.8. The van der Waals surface area contributed by atoms with Gasteiger partial charge in [0.15, 0.2) is 0 Å². The van der Waals surface area contributed by atoms with Crippen LogP contribution < -0.4 is 4.90 Å². The standard InChI is InChI=1S/C58H40N2/c1-3-14-41(15-4-1)43-26-33-48(34-27-43)59(49-35-28-45(29-36-49)52-23-13-19-44-18-7-8-20-51(44)52)58-40-47(42-16-5-2-6-17-42)32-39-53(58)46-30-37-50(38-31-46)60-56-24-11-9-21-54(56)55-22-10-12-25-57(55)60/h1-40H. The summed E-state index contributed by atoms with van der Waals surface area (Å²) >= 11 is 0. The first-order chi connectivity index (χ1) is 29.8. The second-order valence-electron chi connectivity index (χ2n) is 15.3. The summed E-state index contributed by atoms with van der Waals surface area (Å²) in [6, 6.07) is 87.9. The molecule has 282 valence electrons. The fourth-order valence-electron chi connectivity index (χ4n) is 8.89. The van der Waals surface area contributed by atoms with E-state index < -0.39 is 0 Å². The highest BCUT2D eigenvalue weighted by Crippen LogP contribution is 2.44. The lowest BCUT2D eigenvalue weighted by Gasteiger charge is -2.29. The molecule has 60 heavy (non-hydrogen) atoms. The van der Waals surface area contributed by atoms with Gasteiger partial charge in [0.05, 0.1) is 16.7 Å². The number of hydrogen-bond donors (Lipinski definition) is 0. The van der Waals surface area contributed by atoms with Crippen LogP contribution in [0.5, 0.6) is 0 Å². The van der Waals surface area contributed by atoms with Crippen molar-refractivity contribution in [1.82, 2.24) is 4.57 Å². The van der Waals surface area contributed by atoms with Crippen LogP contribution in [0.2, 0.25) is 0 Å². The summed E-state index contributed by atoms with van der Waals surface area (Å²) in [5.74, 6) is 0. The predicted octanol–water partition coefficient (Wildman–Crippen LogP) is 16.1. The second-order valence-corrected chi connectivity index (χ2v) is 15.3. The first-order valence-corrected chi connectivity index (χ1v) is 20.6. The molecule has 0 fully saturated rings. The summed E-state index contributed by atoms with van der Waals surface area (Å²) in [6.45, 7) is 0. The highest BCUT2D eigenvalue weighted by molar-refractivity contribution is 6.09. The van der Waals surface area contributed by atoms with E-state index >= 15 is 0 Å². The number of rotatable bonds is 8. The lowest BCUT2D eigenvalue weighted by Crippen LogP contribution is -2.11. The Labute approximate surface area is 350 Å². The second kappa shape index (κ2) is 15.1. The normalized spacial score (nSPS) is 11.3. The summed E-state index contributed by atoms with van der Waals surface area (Å²) in [4.78, 5) is 2.42. The van der Waals surface area contributed by atoms with Crippen molar-refractivity contribution in [2.45, 2.75) is 0 Å². The smallest absolute Gasteiger partial charge is 0.0546 e. The van der Waals surface area contributed by atoms with Crippen LogP contribution in [0.1, 0.15) is 0 Å². The number of hydrogen-bond acceptors (Lipinski definition) is 1. The highest BCUT2D eigenvalue weighted by Gasteiger charge is 2.20. The van der Waals surface area contributed by atoms with Crippen molar-refractivity contribution in [3.8, 4) is 50.2 Å². The van der Waals surface area contributed by atoms with Crippen molar-refractivity contribution in [2.75, 3.05) is 4.90 Å². The number of nitrogens with zero attached hydrogens (tertiary/aromatic N) is 2. The molecule has 1 heterocycles. The molecule has 0 aliphatic rings. The van der Waals surface area contributed by atoms with E-state index in [9.17, 15) is 0 Å². The van der Waals surface area contributed by atoms with Crippen LogP contribution in [0.4, 0.5) is 17.1 Å². The molecule has 0 radical (unpaired) electrons. The number of benzene rings is 10. The molecule has 0 aliphatic heterocycles. The molecule has 0 saturated heterocycles. The summed E-state index contributed by atoms with van der Waals surface area (Å²) in [5, 5.41) is 5.02. The summed E-state index contributed by atoms with van der Waals surface area (Å²) in [6.07, 6.45) is 0. The van der Waals surface area contributed by atoms with Crippen LogP contribution in [0, 0.1) is 0 Å². The average Bonchev–Trinajstić information content (AvgIpc) is 3.67. The van der Waals surface area contributed by atoms with E-state index in [-0.39, 0.29) is 0 Å². The van der Waals surface area contributed by atoms with Gasteiger partial charge in [-0.3, -0.25) is 0 Å². The third-order valence-electron chi connectivity index (χ3n) is 11.8. The van der Waals surface area contributed by atoms with Gasteiger partial charge in [0, 0.05) is 33.4 Å².